The Bertz CT molecular complexity index is 811. The first-order valence-electron chi connectivity index (χ1n) is 6.99. The van der Waals surface area contributed by atoms with Crippen LogP contribution in [0.5, 0.6) is 0 Å². The van der Waals surface area contributed by atoms with E-state index in [0.717, 1.165) is 19.1 Å². The average molecular weight is 408 g/mol. The Morgan fingerprint density at radius 1 is 1.12 bits per heavy atom. The normalized spacial score (nSPS) is 23.8. The lowest BCUT2D eigenvalue weighted by molar-refractivity contribution is -0.0546. The van der Waals surface area contributed by atoms with Crippen molar-refractivity contribution in [2.45, 2.75) is 42.6 Å². The predicted molar refractivity (Wildman–Crippen MR) is 82.1 cm³/mol. The minimum absolute atomic E-state index is 0.00190. The summed E-state index contributed by atoms with van der Waals surface area (Å²) in [5.41, 5.74) is -10.8. The second kappa shape index (κ2) is 6.20. The Labute approximate surface area is 142 Å². The number of benzene rings is 1. The third kappa shape index (κ3) is 3.28. The molecule has 2 rings (SSSR count). The van der Waals surface area contributed by atoms with Gasteiger partial charge in [-0.15, -0.1) is 0 Å². The summed E-state index contributed by atoms with van der Waals surface area (Å²) in [4.78, 5) is -1.17. The number of rotatable bonds is 4. The Kier molecular flexibility index (Phi) is 4.99. The molecule has 11 heteroatoms. The van der Waals surface area contributed by atoms with Crippen LogP contribution >= 0.6 is 10.3 Å². The second-order valence-corrected chi connectivity index (χ2v) is 9.92. The van der Waals surface area contributed by atoms with Crippen LogP contribution in [0, 0.1) is 0 Å². The van der Waals surface area contributed by atoms with Gasteiger partial charge < -0.3 is 0 Å². The lowest BCUT2D eigenvalue weighted by Crippen LogP contribution is -2.32. The van der Waals surface area contributed by atoms with Crippen LogP contribution in [0.15, 0.2) is 28.0 Å². The van der Waals surface area contributed by atoms with Crippen molar-refractivity contribution < 1.29 is 38.4 Å². The molecule has 1 aromatic rings. The molecule has 1 unspecified atom stereocenters. The molecule has 1 aromatic carbocycles. The number of alkyl halides is 6. The number of allylic oxidation sites excluding steroid dienone is 1. The maximum Gasteiger partial charge on any atom is 0.523 e. The van der Waals surface area contributed by atoms with Crippen molar-refractivity contribution in [2.75, 3.05) is 0 Å². The van der Waals surface area contributed by atoms with Gasteiger partial charge in [0.2, 0.25) is 0 Å². The Hall–Kier alpha value is -1.20. The molecule has 1 aliphatic rings. The molecule has 25 heavy (non-hydrogen) atoms. The van der Waals surface area contributed by atoms with E-state index in [9.17, 15) is 34.8 Å². The highest BCUT2D eigenvalue weighted by atomic mass is 32.3. The quantitative estimate of drug-likeness (QED) is 0.490. The van der Waals surface area contributed by atoms with Gasteiger partial charge >= 0.3 is 21.1 Å². The topological polar surface area (TPSA) is 43.4 Å². The van der Waals surface area contributed by atoms with Gasteiger partial charge in [-0.05, 0) is 36.6 Å². The first-order valence-corrected chi connectivity index (χ1v) is 9.96. The third-order valence-corrected chi connectivity index (χ3v) is 8.29. The van der Waals surface area contributed by atoms with Gasteiger partial charge in [-0.2, -0.15) is 38.4 Å². The molecule has 0 bridgehead atoms. The Balaban J connectivity index is 2.72. The van der Waals surface area contributed by atoms with Gasteiger partial charge in [0.25, 0.3) is 0 Å². The monoisotopic (exact) mass is 408 g/mol. The van der Waals surface area contributed by atoms with Crippen LogP contribution in [0.25, 0.3) is 6.08 Å². The van der Waals surface area contributed by atoms with Gasteiger partial charge in [0.05, 0.1) is 0 Å². The zero-order chi connectivity index (χ0) is 19.3. The van der Waals surface area contributed by atoms with Crippen molar-refractivity contribution in [1.29, 1.82) is 0 Å². The summed E-state index contributed by atoms with van der Waals surface area (Å²) in [6, 6.07) is 3.96. The molecular weight excluding hydrogens is 394 g/mol. The molecule has 1 aliphatic heterocycles. The van der Waals surface area contributed by atoms with Crippen molar-refractivity contribution >= 4 is 26.5 Å². The average Bonchev–Trinajstić information content (AvgIpc) is 2.70. The molecule has 0 radical (unpaired) electrons. The summed E-state index contributed by atoms with van der Waals surface area (Å²) < 4.78 is 106. The fourth-order valence-corrected chi connectivity index (χ4v) is 6.92. The second-order valence-electron chi connectivity index (χ2n) is 5.35. The van der Waals surface area contributed by atoms with E-state index >= 15 is 0 Å². The molecule has 0 N–H and O–H groups in total. The highest BCUT2D eigenvalue weighted by Gasteiger charge is 2.63. The van der Waals surface area contributed by atoms with Crippen LogP contribution < -0.4 is 0 Å². The minimum Gasteiger partial charge on any atom is -0.196 e. The molecule has 0 aliphatic carbocycles. The lowest BCUT2D eigenvalue weighted by atomic mass is 10.1. The van der Waals surface area contributed by atoms with E-state index in [-0.39, 0.29) is 5.56 Å². The number of hydrogen-bond acceptors (Lipinski definition) is 3. The van der Waals surface area contributed by atoms with E-state index in [1.165, 1.54) is 6.07 Å². The summed E-state index contributed by atoms with van der Waals surface area (Å²) in [6.07, 6.45) is 2.01. The van der Waals surface area contributed by atoms with Crippen LogP contribution in [-0.4, -0.2) is 19.4 Å². The minimum atomic E-state index is -6.45. The van der Waals surface area contributed by atoms with E-state index in [1.807, 2.05) is 0 Å². The Morgan fingerprint density at radius 2 is 1.72 bits per heavy atom. The molecule has 142 valence electrons. The number of halogens is 6. The van der Waals surface area contributed by atoms with Crippen molar-refractivity contribution in [1.82, 2.24) is 0 Å². The Morgan fingerprint density at radius 3 is 2.20 bits per heavy atom. The van der Waals surface area contributed by atoms with E-state index in [4.69, 9.17) is 0 Å². The molecule has 0 aromatic heterocycles. The summed E-state index contributed by atoms with van der Waals surface area (Å²) in [6.45, 7) is 2.71. The fraction of sp³-hybridized carbons (Fsp3) is 0.429. The predicted octanol–water partition coefficient (Wildman–Crippen LogP) is 5.48. The number of fused-ring (bicyclic) bond motifs is 1. The van der Waals surface area contributed by atoms with E-state index in [2.05, 4.69) is 3.63 Å². The standard InChI is InChI=1S/C14H14F6O3S2/c1-3-4-10-5-6-11-7-9(2)24(12(11)8-10,13(15,16)17)23-25(21,22)14(18,19)20/h5-8H,3-4H2,1-2H3. The molecular formula is C14H14F6O3S2. The van der Waals surface area contributed by atoms with E-state index in [1.54, 1.807) is 13.0 Å². The molecule has 3 nitrogen and oxygen atoms in total. The van der Waals surface area contributed by atoms with Crippen molar-refractivity contribution in [3.8, 4) is 0 Å². The zero-order valence-electron chi connectivity index (χ0n) is 13.0. The van der Waals surface area contributed by atoms with Crippen LogP contribution in [0.3, 0.4) is 0 Å². The van der Waals surface area contributed by atoms with Gasteiger partial charge in [0.1, 0.15) is 0 Å². The molecule has 0 saturated carbocycles. The summed E-state index contributed by atoms with van der Waals surface area (Å²) in [5.74, 6) is 0. The fourth-order valence-electron chi connectivity index (χ4n) is 2.48. The van der Waals surface area contributed by atoms with Gasteiger partial charge in [-0.25, -0.2) is 0 Å². The molecule has 0 saturated heterocycles. The molecule has 1 heterocycles. The van der Waals surface area contributed by atoms with Gasteiger partial charge in [0, 0.05) is 20.1 Å². The first-order chi connectivity index (χ1) is 11.3. The van der Waals surface area contributed by atoms with Gasteiger partial charge in [-0.1, -0.05) is 25.5 Å². The van der Waals surface area contributed by atoms with E-state index in [0.29, 0.717) is 18.4 Å². The zero-order valence-corrected chi connectivity index (χ0v) is 14.7. The van der Waals surface area contributed by atoms with Crippen LogP contribution in [0.1, 0.15) is 31.4 Å². The first kappa shape index (κ1) is 20.1. The molecule has 1 atom stereocenters. The summed E-state index contributed by atoms with van der Waals surface area (Å²) in [7, 11) is -11.3. The molecule has 0 fully saturated rings. The van der Waals surface area contributed by atoms with Crippen LogP contribution in [0.2, 0.25) is 0 Å². The van der Waals surface area contributed by atoms with Crippen molar-refractivity contribution in [2.24, 2.45) is 0 Å². The largest absolute Gasteiger partial charge is 0.523 e. The summed E-state index contributed by atoms with van der Waals surface area (Å²) in [5, 5.41) is 0. The van der Waals surface area contributed by atoms with Gasteiger partial charge in [-0.3, -0.25) is 0 Å². The third-order valence-electron chi connectivity index (χ3n) is 3.54. The van der Waals surface area contributed by atoms with Crippen LogP contribution in [0.4, 0.5) is 26.3 Å². The highest BCUT2D eigenvalue weighted by molar-refractivity contribution is 8.36. The SMILES string of the molecule is CCCc1ccc2c(c1)S(OS(=O)(=O)C(F)(F)F)(C(F)(F)F)C(C)=C2. The maximum atomic E-state index is 13.8. The summed E-state index contributed by atoms with van der Waals surface area (Å²) >= 11 is 0. The van der Waals surface area contributed by atoms with Crippen molar-refractivity contribution in [3.05, 3.63) is 34.2 Å². The van der Waals surface area contributed by atoms with Crippen LogP contribution in [-0.2, 0) is 20.2 Å². The van der Waals surface area contributed by atoms with Gasteiger partial charge in [0.15, 0.2) is 0 Å². The molecule has 0 spiro atoms. The smallest absolute Gasteiger partial charge is 0.196 e. The lowest BCUT2D eigenvalue weighted by Gasteiger charge is -2.38. The number of aryl methyl sites for hydroxylation is 1. The van der Waals surface area contributed by atoms with E-state index < -0.39 is 41.2 Å². The maximum absolute atomic E-state index is 13.8. The highest BCUT2D eigenvalue weighted by Crippen LogP contribution is 2.77. The number of hydrogen-bond donors (Lipinski definition) is 0. The van der Waals surface area contributed by atoms with Crippen molar-refractivity contribution in [3.63, 3.8) is 0 Å². The molecule has 0 amide bonds.